The first-order valence-electron chi connectivity index (χ1n) is 5.92. The Bertz CT molecular complexity index is 883. The molecule has 0 fully saturated rings. The molecule has 0 atom stereocenters. The summed E-state index contributed by atoms with van der Waals surface area (Å²) in [6, 6.07) is 8.58. The average molecular weight is 396 g/mol. The third-order valence-corrected chi connectivity index (χ3v) is 4.05. The molecule has 3 nitrogen and oxygen atoms in total. The molecular weight excluding hydrogens is 389 g/mol. The molecule has 21 heavy (non-hydrogen) atoms. The van der Waals surface area contributed by atoms with E-state index in [9.17, 15) is 8.78 Å². The third-order valence-electron chi connectivity index (χ3n) is 2.98. The van der Waals surface area contributed by atoms with Crippen LogP contribution in [0, 0.1) is 26.5 Å². The van der Waals surface area contributed by atoms with Gasteiger partial charge >= 0.3 is 0 Å². The van der Waals surface area contributed by atoms with Crippen LogP contribution in [0.1, 0.15) is 5.56 Å². The number of nitrogens with one attached hydrogen (secondary N) is 1. The Morgan fingerprint density at radius 3 is 2.71 bits per heavy atom. The van der Waals surface area contributed by atoms with Crippen LogP contribution < -0.4 is 4.74 Å². The first-order chi connectivity index (χ1) is 10.1. The van der Waals surface area contributed by atoms with E-state index in [1.807, 2.05) is 28.7 Å². The zero-order chi connectivity index (χ0) is 15.0. The van der Waals surface area contributed by atoms with Crippen molar-refractivity contribution < 1.29 is 13.5 Å². The van der Waals surface area contributed by atoms with Gasteiger partial charge in [-0.2, -0.15) is 5.26 Å². The Balaban J connectivity index is 2.08. The maximum absolute atomic E-state index is 14.1. The summed E-state index contributed by atoms with van der Waals surface area (Å²) in [4.78, 5) is 2.93. The van der Waals surface area contributed by atoms with Gasteiger partial charge in [0.25, 0.3) is 0 Å². The van der Waals surface area contributed by atoms with Crippen molar-refractivity contribution in [3.8, 4) is 17.6 Å². The minimum atomic E-state index is -0.638. The van der Waals surface area contributed by atoms with E-state index in [0.29, 0.717) is 9.09 Å². The smallest absolute Gasteiger partial charge is 0.177 e. The van der Waals surface area contributed by atoms with Gasteiger partial charge in [0, 0.05) is 29.2 Å². The molecule has 2 aromatic carbocycles. The number of aromatic nitrogens is 1. The number of fused-ring (bicyclic) bond motifs is 1. The van der Waals surface area contributed by atoms with Gasteiger partial charge in [0.15, 0.2) is 11.6 Å². The topological polar surface area (TPSA) is 48.8 Å². The number of nitriles is 1. The molecule has 0 unspecified atom stereocenters. The van der Waals surface area contributed by atoms with Crippen LogP contribution in [0.5, 0.6) is 11.5 Å². The molecule has 0 saturated heterocycles. The molecule has 1 heterocycles. The van der Waals surface area contributed by atoms with Crippen LogP contribution in [-0.2, 0) is 0 Å². The van der Waals surface area contributed by atoms with Crippen molar-refractivity contribution in [2.24, 2.45) is 0 Å². The highest BCUT2D eigenvalue weighted by Crippen LogP contribution is 2.35. The zero-order valence-electron chi connectivity index (χ0n) is 10.5. The molecule has 3 rings (SSSR count). The Labute approximate surface area is 132 Å². The van der Waals surface area contributed by atoms with E-state index in [1.165, 1.54) is 18.2 Å². The summed E-state index contributed by atoms with van der Waals surface area (Å²) in [6.07, 6.45) is 1.71. The summed E-state index contributed by atoms with van der Waals surface area (Å²) < 4.78 is 33.5. The van der Waals surface area contributed by atoms with E-state index in [4.69, 9.17) is 10.00 Å². The molecule has 0 aliphatic rings. The van der Waals surface area contributed by atoms with Crippen molar-refractivity contribution in [3.05, 3.63) is 57.3 Å². The molecular formula is C15H7F2IN2O. The molecule has 0 aliphatic carbocycles. The highest BCUT2D eigenvalue weighted by atomic mass is 127. The molecule has 0 aliphatic heterocycles. The summed E-state index contributed by atoms with van der Waals surface area (Å²) in [6.45, 7) is 0. The van der Waals surface area contributed by atoms with Gasteiger partial charge < -0.3 is 9.72 Å². The third kappa shape index (κ3) is 2.45. The van der Waals surface area contributed by atoms with E-state index in [0.717, 1.165) is 11.5 Å². The SMILES string of the molecule is N#Cc1cc(Oc2c(F)cc3[nH]ccc3c2I)ccc1F. The number of aromatic amines is 1. The Kier molecular flexibility index (Phi) is 3.51. The van der Waals surface area contributed by atoms with Gasteiger partial charge in [-0.15, -0.1) is 0 Å². The maximum atomic E-state index is 14.1. The van der Waals surface area contributed by atoms with E-state index in [2.05, 4.69) is 4.98 Å². The van der Waals surface area contributed by atoms with Crippen LogP contribution in [0.2, 0.25) is 0 Å². The van der Waals surface area contributed by atoms with E-state index >= 15 is 0 Å². The highest BCUT2D eigenvalue weighted by Gasteiger charge is 2.15. The number of nitrogens with zero attached hydrogens (tertiary/aromatic N) is 1. The normalized spacial score (nSPS) is 10.6. The van der Waals surface area contributed by atoms with Crippen LogP contribution in [0.4, 0.5) is 8.78 Å². The molecule has 0 bridgehead atoms. The van der Waals surface area contributed by atoms with Crippen LogP contribution in [0.3, 0.4) is 0 Å². The maximum Gasteiger partial charge on any atom is 0.177 e. The van der Waals surface area contributed by atoms with Gasteiger partial charge in [0.05, 0.1) is 9.13 Å². The first kappa shape index (κ1) is 13.8. The quantitative estimate of drug-likeness (QED) is 0.638. The van der Waals surface area contributed by atoms with Crippen LogP contribution in [0.15, 0.2) is 36.5 Å². The van der Waals surface area contributed by atoms with Crippen molar-refractivity contribution in [2.75, 3.05) is 0 Å². The summed E-state index contributed by atoms with van der Waals surface area (Å²) in [5.74, 6) is -0.906. The number of ether oxygens (including phenoxy) is 1. The summed E-state index contributed by atoms with van der Waals surface area (Å²) in [5.41, 5.74) is 0.520. The van der Waals surface area contributed by atoms with Crippen molar-refractivity contribution in [3.63, 3.8) is 0 Å². The summed E-state index contributed by atoms with van der Waals surface area (Å²) >= 11 is 1.99. The van der Waals surface area contributed by atoms with Crippen molar-refractivity contribution in [1.82, 2.24) is 4.98 Å². The van der Waals surface area contributed by atoms with Gasteiger partial charge in [-0.05, 0) is 40.8 Å². The van der Waals surface area contributed by atoms with E-state index in [1.54, 1.807) is 12.3 Å². The second-order valence-corrected chi connectivity index (χ2v) is 5.37. The lowest BCUT2D eigenvalue weighted by Gasteiger charge is -2.10. The largest absolute Gasteiger partial charge is 0.453 e. The fourth-order valence-corrected chi connectivity index (χ4v) is 2.82. The second kappa shape index (κ2) is 5.33. The number of benzene rings is 2. The van der Waals surface area contributed by atoms with Gasteiger partial charge in [0.2, 0.25) is 0 Å². The van der Waals surface area contributed by atoms with E-state index in [-0.39, 0.29) is 17.1 Å². The summed E-state index contributed by atoms with van der Waals surface area (Å²) in [5, 5.41) is 9.63. The molecule has 0 radical (unpaired) electrons. The lowest BCUT2D eigenvalue weighted by molar-refractivity contribution is 0.439. The molecule has 0 spiro atoms. The highest BCUT2D eigenvalue weighted by molar-refractivity contribution is 14.1. The standard InChI is InChI=1S/C15H7F2IN2O/c16-11-2-1-9(5-8(11)7-19)21-15-12(17)6-13-10(14(15)18)3-4-20-13/h1-6,20H. The van der Waals surface area contributed by atoms with Crippen molar-refractivity contribution >= 4 is 33.5 Å². The molecule has 1 aromatic heterocycles. The lowest BCUT2D eigenvalue weighted by atomic mass is 10.2. The van der Waals surface area contributed by atoms with Crippen molar-refractivity contribution in [1.29, 1.82) is 5.26 Å². The second-order valence-electron chi connectivity index (χ2n) is 4.30. The first-order valence-corrected chi connectivity index (χ1v) is 7.00. The fraction of sp³-hybridized carbons (Fsp3) is 0. The monoisotopic (exact) mass is 396 g/mol. The fourth-order valence-electron chi connectivity index (χ4n) is 1.98. The molecule has 104 valence electrons. The number of hydrogen-bond acceptors (Lipinski definition) is 2. The Morgan fingerprint density at radius 2 is 1.95 bits per heavy atom. The van der Waals surface area contributed by atoms with Gasteiger partial charge in [-0.3, -0.25) is 0 Å². The molecule has 6 heteroatoms. The molecule has 0 amide bonds. The number of H-pyrrole nitrogens is 1. The molecule has 1 N–H and O–H groups in total. The number of halogens is 3. The molecule has 0 saturated carbocycles. The Hall–Kier alpha value is -2.14. The lowest BCUT2D eigenvalue weighted by Crippen LogP contribution is -1.94. The zero-order valence-corrected chi connectivity index (χ0v) is 12.6. The minimum Gasteiger partial charge on any atom is -0.453 e. The number of hydrogen-bond donors (Lipinski definition) is 1. The average Bonchev–Trinajstić information content (AvgIpc) is 2.93. The van der Waals surface area contributed by atoms with Crippen LogP contribution in [-0.4, -0.2) is 4.98 Å². The van der Waals surface area contributed by atoms with Crippen LogP contribution >= 0.6 is 22.6 Å². The molecule has 3 aromatic rings. The van der Waals surface area contributed by atoms with Crippen molar-refractivity contribution in [2.45, 2.75) is 0 Å². The van der Waals surface area contributed by atoms with Crippen LogP contribution in [0.25, 0.3) is 10.9 Å². The predicted molar refractivity (Wildman–Crippen MR) is 82.2 cm³/mol. The Morgan fingerprint density at radius 1 is 1.14 bits per heavy atom. The van der Waals surface area contributed by atoms with Gasteiger partial charge in [0.1, 0.15) is 17.6 Å². The predicted octanol–water partition coefficient (Wildman–Crippen LogP) is 4.71. The van der Waals surface area contributed by atoms with E-state index < -0.39 is 11.6 Å². The summed E-state index contributed by atoms with van der Waals surface area (Å²) in [7, 11) is 0. The van der Waals surface area contributed by atoms with Gasteiger partial charge in [-0.25, -0.2) is 8.78 Å². The van der Waals surface area contributed by atoms with Gasteiger partial charge in [-0.1, -0.05) is 0 Å². The minimum absolute atomic E-state index is 0.0539. The number of rotatable bonds is 2.